The third kappa shape index (κ3) is 4.44. The van der Waals surface area contributed by atoms with Gasteiger partial charge >= 0.3 is 0 Å². The summed E-state index contributed by atoms with van der Waals surface area (Å²) in [7, 11) is 1.61. The van der Waals surface area contributed by atoms with Crippen molar-refractivity contribution in [2.45, 2.75) is 12.8 Å². The lowest BCUT2D eigenvalue weighted by Crippen LogP contribution is -2.20. The average molecular weight is 332 g/mol. The second kappa shape index (κ2) is 7.62. The summed E-state index contributed by atoms with van der Waals surface area (Å²) in [6, 6.07) is 21.5. The number of hydrogen-bond acceptors (Lipinski definition) is 2. The van der Waals surface area contributed by atoms with Crippen molar-refractivity contribution >= 4 is 28.3 Å². The van der Waals surface area contributed by atoms with Crippen molar-refractivity contribution in [2.75, 3.05) is 12.4 Å². The molecule has 0 aliphatic carbocycles. The van der Waals surface area contributed by atoms with Crippen LogP contribution in [-0.4, -0.2) is 18.9 Å². The van der Waals surface area contributed by atoms with E-state index in [1.54, 1.807) is 7.05 Å². The molecule has 126 valence electrons. The monoisotopic (exact) mass is 332 g/mol. The highest BCUT2D eigenvalue weighted by atomic mass is 16.2. The molecule has 0 radical (unpaired) electrons. The van der Waals surface area contributed by atoms with Crippen molar-refractivity contribution in [1.82, 2.24) is 5.32 Å². The molecule has 3 aromatic carbocycles. The standard InChI is InChI=1S/C21H20N2O2/c1-22-20(24)13-15-7-10-19(11-8-15)23-21(25)14-16-6-9-17-4-2-3-5-18(17)12-16/h2-12H,13-14H2,1H3,(H,22,24)(H,23,25). The molecule has 0 atom stereocenters. The summed E-state index contributed by atoms with van der Waals surface area (Å²) in [5.41, 5.74) is 2.62. The molecule has 3 aromatic rings. The first kappa shape index (κ1) is 16.7. The predicted molar refractivity (Wildman–Crippen MR) is 100 cm³/mol. The van der Waals surface area contributed by atoms with E-state index in [2.05, 4.69) is 16.7 Å². The van der Waals surface area contributed by atoms with Crippen LogP contribution in [0.3, 0.4) is 0 Å². The van der Waals surface area contributed by atoms with Crippen LogP contribution >= 0.6 is 0 Å². The fourth-order valence-corrected chi connectivity index (χ4v) is 2.72. The Bertz CT molecular complexity index is 901. The lowest BCUT2D eigenvalue weighted by atomic mass is 10.0. The van der Waals surface area contributed by atoms with Gasteiger partial charge in [-0.15, -0.1) is 0 Å². The highest BCUT2D eigenvalue weighted by molar-refractivity contribution is 5.93. The van der Waals surface area contributed by atoms with Gasteiger partial charge in [-0.05, 0) is 34.0 Å². The average Bonchev–Trinajstić information content (AvgIpc) is 2.63. The van der Waals surface area contributed by atoms with Crippen LogP contribution in [0.25, 0.3) is 10.8 Å². The fourth-order valence-electron chi connectivity index (χ4n) is 2.72. The molecule has 3 rings (SSSR count). The number of rotatable bonds is 5. The Morgan fingerprint density at radius 2 is 1.40 bits per heavy atom. The first-order valence-electron chi connectivity index (χ1n) is 8.21. The van der Waals surface area contributed by atoms with E-state index >= 15 is 0 Å². The van der Waals surface area contributed by atoms with E-state index in [9.17, 15) is 9.59 Å². The van der Waals surface area contributed by atoms with Crippen LogP contribution in [0.4, 0.5) is 5.69 Å². The zero-order valence-corrected chi connectivity index (χ0v) is 14.1. The van der Waals surface area contributed by atoms with Crippen LogP contribution in [-0.2, 0) is 22.4 Å². The van der Waals surface area contributed by atoms with Gasteiger partial charge < -0.3 is 10.6 Å². The van der Waals surface area contributed by atoms with Crippen molar-refractivity contribution in [3.05, 3.63) is 77.9 Å². The molecule has 0 aliphatic heterocycles. The molecule has 0 spiro atoms. The van der Waals surface area contributed by atoms with Gasteiger partial charge in [-0.25, -0.2) is 0 Å². The molecule has 4 heteroatoms. The molecule has 2 amide bonds. The molecule has 2 N–H and O–H groups in total. The van der Waals surface area contributed by atoms with E-state index in [4.69, 9.17) is 0 Å². The van der Waals surface area contributed by atoms with E-state index in [0.29, 0.717) is 12.8 Å². The SMILES string of the molecule is CNC(=O)Cc1ccc(NC(=O)Cc2ccc3ccccc3c2)cc1. The quantitative estimate of drug-likeness (QED) is 0.753. The second-order valence-corrected chi connectivity index (χ2v) is 5.95. The number of nitrogens with one attached hydrogen (secondary N) is 2. The lowest BCUT2D eigenvalue weighted by molar-refractivity contribution is -0.120. The Morgan fingerprint density at radius 1 is 0.760 bits per heavy atom. The summed E-state index contributed by atoms with van der Waals surface area (Å²) < 4.78 is 0. The summed E-state index contributed by atoms with van der Waals surface area (Å²) in [4.78, 5) is 23.6. The Hall–Kier alpha value is -3.14. The zero-order chi connectivity index (χ0) is 17.6. The van der Waals surface area contributed by atoms with Crippen LogP contribution in [0.2, 0.25) is 0 Å². The van der Waals surface area contributed by atoms with Crippen LogP contribution < -0.4 is 10.6 Å². The number of carbonyl (C=O) groups excluding carboxylic acids is 2. The van der Waals surface area contributed by atoms with E-state index in [0.717, 1.165) is 22.2 Å². The van der Waals surface area contributed by atoms with Gasteiger partial charge in [0.1, 0.15) is 0 Å². The van der Waals surface area contributed by atoms with E-state index in [1.807, 2.05) is 60.7 Å². The third-order valence-electron chi connectivity index (χ3n) is 4.06. The number of amides is 2. The summed E-state index contributed by atoms with van der Waals surface area (Å²) in [6.07, 6.45) is 0.659. The maximum atomic E-state index is 12.3. The van der Waals surface area contributed by atoms with E-state index in [-0.39, 0.29) is 11.8 Å². The van der Waals surface area contributed by atoms with Crippen molar-refractivity contribution in [2.24, 2.45) is 0 Å². The van der Waals surface area contributed by atoms with Gasteiger partial charge in [-0.3, -0.25) is 9.59 Å². The zero-order valence-electron chi connectivity index (χ0n) is 14.1. The van der Waals surface area contributed by atoms with Crippen molar-refractivity contribution in [1.29, 1.82) is 0 Å². The molecule has 0 aromatic heterocycles. The predicted octanol–water partition coefficient (Wildman–Crippen LogP) is 3.31. The molecule has 0 saturated carbocycles. The number of likely N-dealkylation sites (N-methyl/N-ethyl adjacent to an activating group) is 1. The van der Waals surface area contributed by atoms with Crippen LogP contribution in [0, 0.1) is 0 Å². The molecule has 0 heterocycles. The van der Waals surface area contributed by atoms with Crippen molar-refractivity contribution < 1.29 is 9.59 Å². The van der Waals surface area contributed by atoms with Gasteiger partial charge in [0.2, 0.25) is 11.8 Å². The molecular formula is C21H20N2O2. The molecule has 0 fully saturated rings. The number of benzene rings is 3. The van der Waals surface area contributed by atoms with Crippen LogP contribution in [0.1, 0.15) is 11.1 Å². The third-order valence-corrected chi connectivity index (χ3v) is 4.06. The molecule has 0 unspecified atom stereocenters. The Morgan fingerprint density at radius 3 is 2.12 bits per heavy atom. The van der Waals surface area contributed by atoms with Crippen molar-refractivity contribution in [3.8, 4) is 0 Å². The minimum absolute atomic E-state index is 0.0342. The molecular weight excluding hydrogens is 312 g/mol. The number of carbonyl (C=O) groups is 2. The van der Waals surface area contributed by atoms with Gasteiger partial charge in [-0.1, -0.05) is 54.6 Å². The highest BCUT2D eigenvalue weighted by Crippen LogP contribution is 2.17. The van der Waals surface area contributed by atoms with E-state index < -0.39 is 0 Å². The Balaban J connectivity index is 1.62. The summed E-state index contributed by atoms with van der Waals surface area (Å²) in [5, 5.41) is 7.78. The van der Waals surface area contributed by atoms with Crippen molar-refractivity contribution in [3.63, 3.8) is 0 Å². The van der Waals surface area contributed by atoms with Crippen LogP contribution in [0.5, 0.6) is 0 Å². The van der Waals surface area contributed by atoms with Gasteiger partial charge in [0.15, 0.2) is 0 Å². The molecule has 0 aliphatic rings. The fraction of sp³-hybridized carbons (Fsp3) is 0.143. The normalized spacial score (nSPS) is 10.4. The molecule has 0 bridgehead atoms. The van der Waals surface area contributed by atoms with Gasteiger partial charge in [0.05, 0.1) is 12.8 Å². The topological polar surface area (TPSA) is 58.2 Å². The van der Waals surface area contributed by atoms with E-state index in [1.165, 1.54) is 5.39 Å². The van der Waals surface area contributed by atoms with Gasteiger partial charge in [0, 0.05) is 12.7 Å². The maximum absolute atomic E-state index is 12.3. The molecule has 4 nitrogen and oxygen atoms in total. The first-order valence-corrected chi connectivity index (χ1v) is 8.21. The summed E-state index contributed by atoms with van der Waals surface area (Å²) in [5.74, 6) is -0.0950. The summed E-state index contributed by atoms with van der Waals surface area (Å²) in [6.45, 7) is 0. The maximum Gasteiger partial charge on any atom is 0.228 e. The number of hydrogen-bond donors (Lipinski definition) is 2. The summed E-state index contributed by atoms with van der Waals surface area (Å²) >= 11 is 0. The minimum atomic E-state index is -0.0608. The Labute approximate surface area is 146 Å². The number of fused-ring (bicyclic) bond motifs is 1. The first-order chi connectivity index (χ1) is 12.1. The lowest BCUT2D eigenvalue weighted by Gasteiger charge is -2.07. The van der Waals surface area contributed by atoms with Gasteiger partial charge in [-0.2, -0.15) is 0 Å². The second-order valence-electron chi connectivity index (χ2n) is 5.95. The Kier molecular flexibility index (Phi) is 5.09. The van der Waals surface area contributed by atoms with Gasteiger partial charge in [0.25, 0.3) is 0 Å². The molecule has 25 heavy (non-hydrogen) atoms. The molecule has 0 saturated heterocycles. The smallest absolute Gasteiger partial charge is 0.228 e. The van der Waals surface area contributed by atoms with Crippen LogP contribution in [0.15, 0.2) is 66.7 Å². The largest absolute Gasteiger partial charge is 0.359 e. The number of anilines is 1. The highest BCUT2D eigenvalue weighted by Gasteiger charge is 2.06. The minimum Gasteiger partial charge on any atom is -0.359 e.